The Morgan fingerprint density at radius 2 is 2.20 bits per heavy atom. The third-order valence-electron chi connectivity index (χ3n) is 3.05. The molecule has 0 N–H and O–H groups in total. The van der Waals surface area contributed by atoms with Crippen LogP contribution in [0.15, 0.2) is 28.7 Å². The molecule has 0 atom stereocenters. The van der Waals surface area contributed by atoms with Gasteiger partial charge in [0.15, 0.2) is 0 Å². The summed E-state index contributed by atoms with van der Waals surface area (Å²) in [5.41, 5.74) is 1.25. The van der Waals surface area contributed by atoms with Crippen LogP contribution in [0.2, 0.25) is 0 Å². The number of ether oxygens (including phenoxy) is 1. The Morgan fingerprint density at radius 1 is 1.33 bits per heavy atom. The predicted octanol–water partition coefficient (Wildman–Crippen LogP) is 4.16. The quantitative estimate of drug-likeness (QED) is 0.729. The van der Waals surface area contributed by atoms with Crippen LogP contribution in [0.3, 0.4) is 0 Å². The maximum Gasteiger partial charge on any atom is 0.0717 e. The number of hydrogen-bond acceptors (Lipinski definition) is 1. The Hall–Kier alpha value is -0.340. The lowest BCUT2D eigenvalue weighted by Gasteiger charge is -2.24. The van der Waals surface area contributed by atoms with Gasteiger partial charge in [-0.1, -0.05) is 47.3 Å². The Bertz CT molecular complexity index is 307. The summed E-state index contributed by atoms with van der Waals surface area (Å²) in [4.78, 5) is 0. The Morgan fingerprint density at radius 3 is 2.87 bits per heavy atom. The van der Waals surface area contributed by atoms with Crippen molar-refractivity contribution in [1.82, 2.24) is 0 Å². The number of halogens is 1. The van der Waals surface area contributed by atoms with Crippen LogP contribution in [0.25, 0.3) is 0 Å². The minimum absolute atomic E-state index is 0.742. The van der Waals surface area contributed by atoms with Crippen LogP contribution in [-0.2, 0) is 11.3 Å². The fraction of sp³-hybridized carbons (Fsp3) is 0.538. The molecule has 0 unspecified atom stereocenters. The second kappa shape index (κ2) is 5.66. The first-order valence-electron chi connectivity index (χ1n) is 5.67. The molecule has 0 radical (unpaired) electrons. The molecule has 0 aliphatic heterocycles. The normalized spacial score (nSPS) is 16.3. The molecule has 0 bridgehead atoms. The smallest absolute Gasteiger partial charge is 0.0717 e. The van der Waals surface area contributed by atoms with Crippen molar-refractivity contribution in [2.75, 3.05) is 6.61 Å². The maximum absolute atomic E-state index is 5.66. The van der Waals surface area contributed by atoms with Crippen LogP contribution in [0, 0.1) is 5.92 Å². The van der Waals surface area contributed by atoms with Crippen molar-refractivity contribution >= 4 is 15.9 Å². The van der Waals surface area contributed by atoms with Crippen molar-refractivity contribution in [1.29, 1.82) is 0 Å². The largest absolute Gasteiger partial charge is 0.377 e. The summed E-state index contributed by atoms with van der Waals surface area (Å²) in [7, 11) is 0. The first-order valence-corrected chi connectivity index (χ1v) is 6.46. The zero-order valence-electron chi connectivity index (χ0n) is 8.92. The van der Waals surface area contributed by atoms with Crippen molar-refractivity contribution in [3.63, 3.8) is 0 Å². The van der Waals surface area contributed by atoms with E-state index in [0.717, 1.165) is 23.6 Å². The van der Waals surface area contributed by atoms with Gasteiger partial charge >= 0.3 is 0 Å². The summed E-state index contributed by atoms with van der Waals surface area (Å²) in [5.74, 6) is 0.951. The topological polar surface area (TPSA) is 9.23 Å². The lowest BCUT2D eigenvalue weighted by atomic mass is 9.83. The van der Waals surface area contributed by atoms with E-state index in [1.54, 1.807) is 0 Å². The van der Waals surface area contributed by atoms with Gasteiger partial charge in [0.1, 0.15) is 0 Å². The van der Waals surface area contributed by atoms with E-state index in [-0.39, 0.29) is 0 Å². The lowest BCUT2D eigenvalue weighted by molar-refractivity contribution is 0.0949. The maximum atomic E-state index is 5.66. The summed E-state index contributed by atoms with van der Waals surface area (Å²) in [6.07, 6.45) is 5.50. The van der Waals surface area contributed by atoms with Crippen molar-refractivity contribution in [2.45, 2.75) is 32.3 Å². The summed E-state index contributed by atoms with van der Waals surface area (Å²) in [5, 5.41) is 0. The fourth-order valence-electron chi connectivity index (χ4n) is 1.85. The van der Waals surface area contributed by atoms with Gasteiger partial charge in [-0.2, -0.15) is 0 Å². The molecule has 1 aliphatic rings. The molecule has 1 saturated carbocycles. The van der Waals surface area contributed by atoms with Crippen LogP contribution >= 0.6 is 15.9 Å². The molecule has 1 aliphatic carbocycles. The highest BCUT2D eigenvalue weighted by molar-refractivity contribution is 9.10. The zero-order chi connectivity index (χ0) is 10.5. The van der Waals surface area contributed by atoms with Gasteiger partial charge in [0.25, 0.3) is 0 Å². The molecule has 0 heterocycles. The van der Waals surface area contributed by atoms with Crippen molar-refractivity contribution in [3.8, 4) is 0 Å². The fourth-order valence-corrected chi connectivity index (χ4v) is 2.29. The minimum Gasteiger partial charge on any atom is -0.377 e. The van der Waals surface area contributed by atoms with Gasteiger partial charge in [-0.15, -0.1) is 0 Å². The van der Waals surface area contributed by atoms with Crippen LogP contribution in [0.4, 0.5) is 0 Å². The van der Waals surface area contributed by atoms with E-state index >= 15 is 0 Å². The van der Waals surface area contributed by atoms with Crippen molar-refractivity contribution < 1.29 is 4.74 Å². The van der Waals surface area contributed by atoms with E-state index < -0.39 is 0 Å². The van der Waals surface area contributed by atoms with Gasteiger partial charge in [0.05, 0.1) is 6.61 Å². The lowest BCUT2D eigenvalue weighted by Crippen LogP contribution is -2.13. The monoisotopic (exact) mass is 268 g/mol. The Balaban J connectivity index is 1.64. The van der Waals surface area contributed by atoms with Gasteiger partial charge in [-0.05, 0) is 30.0 Å². The molecule has 1 fully saturated rings. The highest BCUT2D eigenvalue weighted by Crippen LogP contribution is 2.29. The molecule has 2 rings (SSSR count). The van der Waals surface area contributed by atoms with E-state index in [0.29, 0.717) is 0 Å². The first kappa shape index (κ1) is 11.2. The summed E-state index contributed by atoms with van der Waals surface area (Å²) in [6, 6.07) is 8.31. The minimum atomic E-state index is 0.742. The molecule has 82 valence electrons. The molecule has 15 heavy (non-hydrogen) atoms. The van der Waals surface area contributed by atoms with E-state index in [4.69, 9.17) is 4.74 Å². The Kier molecular flexibility index (Phi) is 4.21. The van der Waals surface area contributed by atoms with Gasteiger partial charge in [-0.25, -0.2) is 0 Å². The molecular formula is C13H17BrO. The van der Waals surface area contributed by atoms with Crippen LogP contribution in [-0.4, -0.2) is 6.61 Å². The summed E-state index contributed by atoms with van der Waals surface area (Å²) in [6.45, 7) is 1.66. The SMILES string of the molecule is Brc1cccc(COCCC2CCC2)c1. The van der Waals surface area contributed by atoms with E-state index in [1.165, 1.54) is 31.2 Å². The van der Waals surface area contributed by atoms with E-state index in [1.807, 2.05) is 6.07 Å². The average molecular weight is 269 g/mol. The van der Waals surface area contributed by atoms with Crippen LogP contribution in [0.5, 0.6) is 0 Å². The van der Waals surface area contributed by atoms with Gasteiger partial charge in [0.2, 0.25) is 0 Å². The van der Waals surface area contributed by atoms with Gasteiger partial charge in [0, 0.05) is 11.1 Å². The Labute approximate surface area is 100.0 Å². The zero-order valence-corrected chi connectivity index (χ0v) is 10.5. The van der Waals surface area contributed by atoms with Crippen molar-refractivity contribution in [2.24, 2.45) is 5.92 Å². The van der Waals surface area contributed by atoms with E-state index in [9.17, 15) is 0 Å². The molecular weight excluding hydrogens is 252 g/mol. The molecule has 0 amide bonds. The standard InChI is InChI=1S/C13H17BrO/c14-13-6-2-5-12(9-13)10-15-8-7-11-3-1-4-11/h2,5-6,9,11H,1,3-4,7-8,10H2. The molecule has 1 aromatic rings. The van der Waals surface area contributed by atoms with Crippen LogP contribution in [0.1, 0.15) is 31.2 Å². The third kappa shape index (κ3) is 3.62. The predicted molar refractivity (Wildman–Crippen MR) is 65.8 cm³/mol. The first-order chi connectivity index (χ1) is 7.34. The van der Waals surface area contributed by atoms with Crippen LogP contribution < -0.4 is 0 Å². The van der Waals surface area contributed by atoms with Gasteiger partial charge < -0.3 is 4.74 Å². The highest BCUT2D eigenvalue weighted by atomic mass is 79.9. The third-order valence-corrected chi connectivity index (χ3v) is 3.55. The number of rotatable bonds is 5. The second-order valence-corrected chi connectivity index (χ2v) is 5.18. The van der Waals surface area contributed by atoms with Crippen molar-refractivity contribution in [3.05, 3.63) is 34.3 Å². The summed E-state index contributed by atoms with van der Waals surface area (Å²) >= 11 is 3.46. The molecule has 2 heteroatoms. The molecule has 1 aromatic carbocycles. The van der Waals surface area contributed by atoms with E-state index in [2.05, 4.69) is 34.1 Å². The number of benzene rings is 1. The number of hydrogen-bond donors (Lipinski definition) is 0. The summed E-state index contributed by atoms with van der Waals surface area (Å²) < 4.78 is 6.79. The second-order valence-electron chi connectivity index (χ2n) is 4.27. The molecule has 1 nitrogen and oxygen atoms in total. The van der Waals surface area contributed by atoms with Gasteiger partial charge in [-0.3, -0.25) is 0 Å². The molecule has 0 saturated heterocycles. The molecule has 0 spiro atoms. The highest BCUT2D eigenvalue weighted by Gasteiger charge is 2.16. The molecule has 0 aromatic heterocycles. The average Bonchev–Trinajstić information content (AvgIpc) is 2.15.